The molecule has 1 N–H and O–H groups in total. The molecule has 0 atom stereocenters. The summed E-state index contributed by atoms with van der Waals surface area (Å²) in [6.45, 7) is 3.98. The van der Waals surface area contributed by atoms with E-state index in [1.165, 1.54) is 10.4 Å². The standard InChI is InChI=1S/C15H21N3S/c1-12-14(11-16-2)19-15(17-12)18(3)10-9-13-7-5-4-6-8-13/h4-8,16H,9-11H2,1-3H3. The van der Waals surface area contributed by atoms with E-state index < -0.39 is 0 Å². The van der Waals surface area contributed by atoms with Gasteiger partial charge in [0.2, 0.25) is 0 Å². The van der Waals surface area contributed by atoms with Crippen molar-refractivity contribution in [3.63, 3.8) is 0 Å². The second-order valence-corrected chi connectivity index (χ2v) is 5.75. The summed E-state index contributed by atoms with van der Waals surface area (Å²) in [4.78, 5) is 8.21. The van der Waals surface area contributed by atoms with E-state index in [0.717, 1.165) is 30.3 Å². The topological polar surface area (TPSA) is 28.2 Å². The van der Waals surface area contributed by atoms with E-state index in [1.807, 2.05) is 7.05 Å². The number of aromatic nitrogens is 1. The van der Waals surface area contributed by atoms with Crippen molar-refractivity contribution < 1.29 is 0 Å². The van der Waals surface area contributed by atoms with E-state index in [2.05, 4.69) is 59.5 Å². The SMILES string of the molecule is CNCc1sc(N(C)CCc2ccccc2)nc1C. The van der Waals surface area contributed by atoms with Crippen LogP contribution in [0.1, 0.15) is 16.1 Å². The summed E-state index contributed by atoms with van der Waals surface area (Å²) >= 11 is 1.78. The molecule has 1 aromatic heterocycles. The van der Waals surface area contributed by atoms with E-state index in [9.17, 15) is 0 Å². The third kappa shape index (κ3) is 3.78. The van der Waals surface area contributed by atoms with Crippen LogP contribution in [0.5, 0.6) is 0 Å². The summed E-state index contributed by atoms with van der Waals surface area (Å²) in [5.74, 6) is 0. The van der Waals surface area contributed by atoms with Crippen LogP contribution in [-0.4, -0.2) is 25.6 Å². The third-order valence-corrected chi connectivity index (χ3v) is 4.40. The Hall–Kier alpha value is -1.39. The molecule has 0 aliphatic heterocycles. The number of anilines is 1. The van der Waals surface area contributed by atoms with Gasteiger partial charge in [-0.3, -0.25) is 0 Å². The molecule has 4 heteroatoms. The predicted octanol–water partition coefficient (Wildman–Crippen LogP) is 2.85. The van der Waals surface area contributed by atoms with Crippen molar-refractivity contribution in [1.82, 2.24) is 10.3 Å². The van der Waals surface area contributed by atoms with Gasteiger partial charge in [-0.15, -0.1) is 11.3 Å². The van der Waals surface area contributed by atoms with Gasteiger partial charge in [0.25, 0.3) is 0 Å². The molecule has 3 nitrogen and oxygen atoms in total. The van der Waals surface area contributed by atoms with Crippen molar-refractivity contribution in [2.24, 2.45) is 0 Å². The molecule has 0 bridgehead atoms. The quantitative estimate of drug-likeness (QED) is 0.878. The van der Waals surface area contributed by atoms with Crippen LogP contribution < -0.4 is 10.2 Å². The van der Waals surface area contributed by atoms with Gasteiger partial charge in [-0.05, 0) is 26.0 Å². The highest BCUT2D eigenvalue weighted by molar-refractivity contribution is 7.15. The van der Waals surface area contributed by atoms with Gasteiger partial charge in [-0.25, -0.2) is 4.98 Å². The van der Waals surface area contributed by atoms with Gasteiger partial charge in [-0.2, -0.15) is 0 Å². The van der Waals surface area contributed by atoms with Crippen LogP contribution in [0, 0.1) is 6.92 Å². The average molecular weight is 275 g/mol. The molecule has 1 heterocycles. The zero-order valence-corrected chi connectivity index (χ0v) is 12.6. The van der Waals surface area contributed by atoms with Crippen LogP contribution in [0.15, 0.2) is 30.3 Å². The number of aryl methyl sites for hydroxylation is 1. The molecule has 19 heavy (non-hydrogen) atoms. The first-order valence-electron chi connectivity index (χ1n) is 6.56. The molecule has 0 saturated heterocycles. The molecular weight excluding hydrogens is 254 g/mol. The molecule has 0 aliphatic carbocycles. The van der Waals surface area contributed by atoms with Crippen molar-refractivity contribution in [1.29, 1.82) is 0 Å². The van der Waals surface area contributed by atoms with E-state index in [-0.39, 0.29) is 0 Å². The summed E-state index contributed by atoms with van der Waals surface area (Å²) in [6, 6.07) is 10.6. The molecular formula is C15H21N3S. The van der Waals surface area contributed by atoms with Crippen LogP contribution in [0.25, 0.3) is 0 Å². The maximum Gasteiger partial charge on any atom is 0.185 e. The zero-order chi connectivity index (χ0) is 13.7. The van der Waals surface area contributed by atoms with E-state index in [4.69, 9.17) is 0 Å². The fourth-order valence-electron chi connectivity index (χ4n) is 1.94. The Labute approximate surface area is 119 Å². The van der Waals surface area contributed by atoms with Crippen LogP contribution in [0.4, 0.5) is 5.13 Å². The normalized spacial score (nSPS) is 10.7. The first kappa shape index (κ1) is 14.0. The molecule has 0 aliphatic rings. The molecule has 0 spiro atoms. The molecule has 0 amide bonds. The Morgan fingerprint density at radius 1 is 1.26 bits per heavy atom. The number of benzene rings is 1. The third-order valence-electron chi connectivity index (χ3n) is 3.12. The largest absolute Gasteiger partial charge is 0.351 e. The van der Waals surface area contributed by atoms with E-state index in [1.54, 1.807) is 11.3 Å². The number of nitrogens with one attached hydrogen (secondary N) is 1. The van der Waals surface area contributed by atoms with Crippen LogP contribution in [0.2, 0.25) is 0 Å². The van der Waals surface area contributed by atoms with Crippen LogP contribution >= 0.6 is 11.3 Å². The van der Waals surface area contributed by atoms with Crippen molar-refractivity contribution in [2.75, 3.05) is 25.5 Å². The average Bonchev–Trinajstić information content (AvgIpc) is 2.79. The summed E-state index contributed by atoms with van der Waals surface area (Å²) in [7, 11) is 4.09. The maximum absolute atomic E-state index is 4.65. The Morgan fingerprint density at radius 3 is 2.68 bits per heavy atom. The molecule has 0 unspecified atom stereocenters. The Bertz CT molecular complexity index is 507. The lowest BCUT2D eigenvalue weighted by molar-refractivity contribution is 0.822. The number of nitrogens with zero attached hydrogens (tertiary/aromatic N) is 2. The minimum atomic E-state index is 0.899. The van der Waals surface area contributed by atoms with Crippen molar-refractivity contribution in [2.45, 2.75) is 19.9 Å². The second-order valence-electron chi connectivity index (χ2n) is 4.69. The first-order chi connectivity index (χ1) is 9.20. The van der Waals surface area contributed by atoms with Gasteiger partial charge in [0, 0.05) is 25.0 Å². The molecule has 2 aromatic rings. The molecule has 0 radical (unpaired) electrons. The van der Waals surface area contributed by atoms with Gasteiger partial charge in [-0.1, -0.05) is 30.3 Å². The fourth-order valence-corrected chi connectivity index (χ4v) is 3.00. The molecule has 2 rings (SSSR count). The number of hydrogen-bond acceptors (Lipinski definition) is 4. The van der Waals surface area contributed by atoms with Gasteiger partial charge >= 0.3 is 0 Å². The second kappa shape index (κ2) is 6.68. The predicted molar refractivity (Wildman–Crippen MR) is 83.0 cm³/mol. The molecule has 0 saturated carbocycles. The Morgan fingerprint density at radius 2 is 2.00 bits per heavy atom. The van der Waals surface area contributed by atoms with Crippen molar-refractivity contribution in [3.8, 4) is 0 Å². The van der Waals surface area contributed by atoms with Crippen LogP contribution in [0.3, 0.4) is 0 Å². The van der Waals surface area contributed by atoms with Crippen molar-refractivity contribution in [3.05, 3.63) is 46.5 Å². The Balaban J connectivity index is 1.96. The van der Waals surface area contributed by atoms with E-state index in [0.29, 0.717) is 0 Å². The lowest BCUT2D eigenvalue weighted by atomic mass is 10.1. The van der Waals surface area contributed by atoms with Gasteiger partial charge < -0.3 is 10.2 Å². The van der Waals surface area contributed by atoms with E-state index >= 15 is 0 Å². The number of rotatable bonds is 6. The number of thiazole rings is 1. The highest BCUT2D eigenvalue weighted by atomic mass is 32.1. The fraction of sp³-hybridized carbons (Fsp3) is 0.400. The lowest BCUT2D eigenvalue weighted by Crippen LogP contribution is -2.20. The summed E-state index contributed by atoms with van der Waals surface area (Å²) in [5, 5.41) is 4.30. The van der Waals surface area contributed by atoms with Crippen molar-refractivity contribution >= 4 is 16.5 Å². The number of hydrogen-bond donors (Lipinski definition) is 1. The lowest BCUT2D eigenvalue weighted by Gasteiger charge is -2.15. The smallest absolute Gasteiger partial charge is 0.185 e. The summed E-state index contributed by atoms with van der Waals surface area (Å²) < 4.78 is 0. The van der Waals surface area contributed by atoms with Gasteiger partial charge in [0.1, 0.15) is 0 Å². The molecule has 1 aromatic carbocycles. The van der Waals surface area contributed by atoms with Gasteiger partial charge in [0.15, 0.2) is 5.13 Å². The Kier molecular flexibility index (Phi) is 4.93. The minimum absolute atomic E-state index is 0.899. The highest BCUT2D eigenvalue weighted by Gasteiger charge is 2.10. The molecule has 0 fully saturated rings. The summed E-state index contributed by atoms with van der Waals surface area (Å²) in [5.41, 5.74) is 2.51. The summed E-state index contributed by atoms with van der Waals surface area (Å²) in [6.07, 6.45) is 1.05. The zero-order valence-electron chi connectivity index (χ0n) is 11.8. The van der Waals surface area contributed by atoms with Crippen LogP contribution in [-0.2, 0) is 13.0 Å². The number of likely N-dealkylation sites (N-methyl/N-ethyl adjacent to an activating group) is 1. The maximum atomic E-state index is 4.65. The molecule has 102 valence electrons. The monoisotopic (exact) mass is 275 g/mol. The highest BCUT2D eigenvalue weighted by Crippen LogP contribution is 2.25. The minimum Gasteiger partial charge on any atom is -0.351 e. The van der Waals surface area contributed by atoms with Gasteiger partial charge in [0.05, 0.1) is 5.69 Å². The first-order valence-corrected chi connectivity index (χ1v) is 7.38.